The van der Waals surface area contributed by atoms with E-state index in [1.54, 1.807) is 19.2 Å². The van der Waals surface area contributed by atoms with Gasteiger partial charge in [-0.25, -0.2) is 13.2 Å². The molecule has 6 heteroatoms. The van der Waals surface area contributed by atoms with Gasteiger partial charge in [-0.2, -0.15) is 4.31 Å². The van der Waals surface area contributed by atoms with Crippen molar-refractivity contribution in [2.75, 3.05) is 7.05 Å². The van der Waals surface area contributed by atoms with Crippen LogP contribution in [0, 0.1) is 0 Å². The maximum atomic E-state index is 12.6. The number of aliphatic carboxylic acids is 1. The topological polar surface area (TPSA) is 74.7 Å². The lowest BCUT2D eigenvalue weighted by Gasteiger charge is -2.33. The summed E-state index contributed by atoms with van der Waals surface area (Å²) in [5.41, 5.74) is 0.0346. The zero-order valence-electron chi connectivity index (χ0n) is 12.7. The Hall–Kier alpha value is -1.66. The third kappa shape index (κ3) is 4.15. The van der Waals surface area contributed by atoms with Gasteiger partial charge in [-0.15, -0.1) is 0 Å². The first-order chi connectivity index (χ1) is 9.61. The van der Waals surface area contributed by atoms with E-state index in [0.717, 1.165) is 6.08 Å². The summed E-state index contributed by atoms with van der Waals surface area (Å²) >= 11 is 0. The van der Waals surface area contributed by atoms with Crippen LogP contribution in [0.1, 0.15) is 32.8 Å². The van der Waals surface area contributed by atoms with E-state index in [9.17, 15) is 13.2 Å². The lowest BCUT2D eigenvalue weighted by molar-refractivity contribution is -0.131. The maximum Gasteiger partial charge on any atom is 0.328 e. The molecule has 0 saturated carbocycles. The van der Waals surface area contributed by atoms with Crippen LogP contribution in [-0.4, -0.2) is 36.4 Å². The average molecular weight is 311 g/mol. The van der Waals surface area contributed by atoms with Gasteiger partial charge in [0.05, 0.1) is 4.90 Å². The number of sulfonamides is 1. The van der Waals surface area contributed by atoms with Gasteiger partial charge in [-0.3, -0.25) is 0 Å². The van der Waals surface area contributed by atoms with E-state index in [1.807, 2.05) is 20.8 Å². The van der Waals surface area contributed by atoms with E-state index in [4.69, 9.17) is 5.11 Å². The van der Waals surface area contributed by atoms with Crippen LogP contribution in [-0.2, 0) is 14.8 Å². The number of rotatable bonds is 6. The Morgan fingerprint density at radius 2 is 2.00 bits per heavy atom. The minimum absolute atomic E-state index is 0.152. The molecule has 0 amide bonds. The van der Waals surface area contributed by atoms with Gasteiger partial charge >= 0.3 is 5.97 Å². The average Bonchev–Trinajstić information content (AvgIpc) is 2.44. The first-order valence-corrected chi connectivity index (χ1v) is 8.05. The molecule has 0 aromatic heterocycles. The Labute approximate surface area is 126 Å². The summed E-state index contributed by atoms with van der Waals surface area (Å²) in [6.07, 6.45) is 3.03. The molecule has 0 heterocycles. The van der Waals surface area contributed by atoms with Crippen LogP contribution in [0.15, 0.2) is 35.2 Å². The second-order valence-corrected chi connectivity index (χ2v) is 7.35. The molecule has 1 rings (SSSR count). The largest absolute Gasteiger partial charge is 0.478 e. The molecule has 0 aliphatic carbocycles. The van der Waals surface area contributed by atoms with Gasteiger partial charge in [0.2, 0.25) is 10.0 Å². The molecule has 0 saturated heterocycles. The van der Waals surface area contributed by atoms with Gasteiger partial charge in [0.25, 0.3) is 0 Å². The van der Waals surface area contributed by atoms with Crippen molar-refractivity contribution >= 4 is 22.1 Å². The van der Waals surface area contributed by atoms with Crippen LogP contribution in [0.4, 0.5) is 0 Å². The summed E-state index contributed by atoms with van der Waals surface area (Å²) in [5, 5.41) is 8.62. The van der Waals surface area contributed by atoms with Gasteiger partial charge in [-0.1, -0.05) is 19.1 Å². The molecule has 0 bridgehead atoms. The Bertz CT molecular complexity index is 647. The Morgan fingerprint density at radius 3 is 2.52 bits per heavy atom. The molecule has 21 heavy (non-hydrogen) atoms. The van der Waals surface area contributed by atoms with Crippen LogP contribution >= 0.6 is 0 Å². The Kier molecular flexibility index (Phi) is 5.31. The lowest BCUT2D eigenvalue weighted by Crippen LogP contribution is -2.44. The Balaban J connectivity index is 3.21. The second-order valence-electron chi connectivity index (χ2n) is 5.38. The van der Waals surface area contributed by atoms with Crippen molar-refractivity contribution in [3.63, 3.8) is 0 Å². The molecule has 0 aliphatic rings. The molecule has 0 fully saturated rings. The summed E-state index contributed by atoms with van der Waals surface area (Å²) in [5.74, 6) is -1.08. The number of carbonyl (C=O) groups is 1. The quantitative estimate of drug-likeness (QED) is 0.819. The van der Waals surface area contributed by atoms with Crippen molar-refractivity contribution < 1.29 is 18.3 Å². The van der Waals surface area contributed by atoms with Gasteiger partial charge in [0.15, 0.2) is 0 Å². The van der Waals surface area contributed by atoms with Crippen LogP contribution in [0.5, 0.6) is 0 Å². The van der Waals surface area contributed by atoms with E-state index < -0.39 is 21.5 Å². The van der Waals surface area contributed by atoms with Crippen molar-refractivity contribution in [3.05, 3.63) is 35.9 Å². The number of hydrogen-bond acceptors (Lipinski definition) is 3. The molecule has 0 radical (unpaired) electrons. The molecule has 0 spiro atoms. The third-order valence-corrected chi connectivity index (χ3v) is 5.72. The number of carboxylic acid groups (broad SMARTS) is 1. The highest BCUT2D eigenvalue weighted by Gasteiger charge is 2.32. The maximum absolute atomic E-state index is 12.6. The van der Waals surface area contributed by atoms with E-state index in [2.05, 4.69) is 0 Å². The number of carboxylic acids is 1. The highest BCUT2D eigenvalue weighted by molar-refractivity contribution is 7.89. The van der Waals surface area contributed by atoms with Crippen LogP contribution in [0.3, 0.4) is 0 Å². The van der Waals surface area contributed by atoms with Crippen LogP contribution in [0.2, 0.25) is 0 Å². The van der Waals surface area contributed by atoms with Crippen molar-refractivity contribution in [1.82, 2.24) is 4.31 Å². The highest BCUT2D eigenvalue weighted by Crippen LogP contribution is 2.25. The minimum atomic E-state index is -3.62. The normalized spacial score (nSPS) is 13.0. The molecule has 5 nitrogen and oxygen atoms in total. The van der Waals surface area contributed by atoms with E-state index in [-0.39, 0.29) is 4.90 Å². The fourth-order valence-electron chi connectivity index (χ4n) is 1.65. The zero-order chi connectivity index (χ0) is 16.3. The fourth-order valence-corrected chi connectivity index (χ4v) is 3.28. The third-order valence-electron chi connectivity index (χ3n) is 3.65. The van der Waals surface area contributed by atoms with Crippen molar-refractivity contribution in [1.29, 1.82) is 0 Å². The molecule has 0 aliphatic heterocycles. The van der Waals surface area contributed by atoms with Gasteiger partial charge in [-0.05, 0) is 44.0 Å². The molecular weight excluding hydrogens is 290 g/mol. The van der Waals surface area contributed by atoms with Gasteiger partial charge in [0.1, 0.15) is 0 Å². The summed E-state index contributed by atoms with van der Waals surface area (Å²) in [4.78, 5) is 10.7. The fraction of sp³-hybridized carbons (Fsp3) is 0.400. The Morgan fingerprint density at radius 1 is 1.38 bits per heavy atom. The first-order valence-electron chi connectivity index (χ1n) is 6.61. The minimum Gasteiger partial charge on any atom is -0.478 e. The molecule has 1 aromatic carbocycles. The van der Waals surface area contributed by atoms with E-state index >= 15 is 0 Å². The van der Waals surface area contributed by atoms with Gasteiger partial charge < -0.3 is 5.11 Å². The second kappa shape index (κ2) is 6.41. The number of nitrogens with zero attached hydrogens (tertiary/aromatic N) is 1. The van der Waals surface area contributed by atoms with Crippen LogP contribution in [0.25, 0.3) is 6.08 Å². The molecule has 0 atom stereocenters. The lowest BCUT2D eigenvalue weighted by atomic mass is 10.0. The molecule has 1 N–H and O–H groups in total. The SMILES string of the molecule is CCC(C)(C)N(C)S(=O)(=O)c1cccc(C=CC(=O)O)c1. The first kappa shape index (κ1) is 17.4. The summed E-state index contributed by atoms with van der Waals surface area (Å²) in [7, 11) is -2.06. The predicted octanol–water partition coefficient (Wildman–Crippen LogP) is 2.59. The molecule has 0 unspecified atom stereocenters. The molecule has 1 aromatic rings. The summed E-state index contributed by atoms with van der Waals surface area (Å²) in [6.45, 7) is 5.65. The van der Waals surface area contributed by atoms with E-state index in [0.29, 0.717) is 12.0 Å². The van der Waals surface area contributed by atoms with Crippen LogP contribution < -0.4 is 0 Å². The summed E-state index contributed by atoms with van der Waals surface area (Å²) < 4.78 is 26.6. The monoisotopic (exact) mass is 311 g/mol. The highest BCUT2D eigenvalue weighted by atomic mass is 32.2. The predicted molar refractivity (Wildman–Crippen MR) is 82.4 cm³/mol. The molecule has 116 valence electrons. The standard InChI is InChI=1S/C15H21NO4S/c1-5-15(2,3)16(4)21(19,20)13-8-6-7-12(11-13)9-10-14(17)18/h6-11H,5H2,1-4H3,(H,17,18). The zero-order valence-corrected chi connectivity index (χ0v) is 13.5. The van der Waals surface area contributed by atoms with Crippen molar-refractivity contribution in [2.24, 2.45) is 0 Å². The number of hydrogen-bond donors (Lipinski definition) is 1. The summed E-state index contributed by atoms with van der Waals surface area (Å²) in [6, 6.07) is 6.23. The van der Waals surface area contributed by atoms with E-state index in [1.165, 1.54) is 22.5 Å². The van der Waals surface area contributed by atoms with Crippen molar-refractivity contribution in [2.45, 2.75) is 37.6 Å². The van der Waals surface area contributed by atoms with Gasteiger partial charge in [0, 0.05) is 18.7 Å². The molecular formula is C15H21NO4S. The number of benzene rings is 1. The van der Waals surface area contributed by atoms with Crippen molar-refractivity contribution in [3.8, 4) is 0 Å². The smallest absolute Gasteiger partial charge is 0.328 e.